The van der Waals surface area contributed by atoms with Gasteiger partial charge < -0.3 is 5.73 Å². The van der Waals surface area contributed by atoms with Gasteiger partial charge in [-0.3, -0.25) is 0 Å². The van der Waals surface area contributed by atoms with Crippen LogP contribution in [0.2, 0.25) is 5.02 Å². The lowest BCUT2D eigenvalue weighted by atomic mass is 10.2. The van der Waals surface area contributed by atoms with Crippen molar-refractivity contribution in [2.75, 3.05) is 5.73 Å². The number of hydrogen-bond donors (Lipinski definition) is 1. The number of anilines is 1. The summed E-state index contributed by atoms with van der Waals surface area (Å²) in [6, 6.07) is 13.9. The van der Waals surface area contributed by atoms with Crippen molar-refractivity contribution in [2.24, 2.45) is 0 Å². The molecule has 82 valence electrons. The Kier molecular flexibility index (Phi) is 3.42. The van der Waals surface area contributed by atoms with Crippen LogP contribution in [0.25, 0.3) is 0 Å². The molecule has 0 aliphatic rings. The van der Waals surface area contributed by atoms with Crippen molar-refractivity contribution in [1.29, 1.82) is 0 Å². The van der Waals surface area contributed by atoms with Gasteiger partial charge in [-0.05, 0) is 48.9 Å². The Morgan fingerprint density at radius 3 is 2.25 bits per heavy atom. The van der Waals surface area contributed by atoms with E-state index in [1.54, 1.807) is 11.8 Å². The molecule has 0 bridgehead atoms. The Labute approximate surface area is 105 Å². The molecule has 0 amide bonds. The van der Waals surface area contributed by atoms with Gasteiger partial charge in [0, 0.05) is 20.5 Å². The second-order valence-corrected chi connectivity index (χ2v) is 5.16. The maximum absolute atomic E-state index is 5.86. The van der Waals surface area contributed by atoms with E-state index in [0.717, 1.165) is 26.1 Å². The van der Waals surface area contributed by atoms with E-state index < -0.39 is 0 Å². The van der Waals surface area contributed by atoms with Gasteiger partial charge in [0.05, 0.1) is 0 Å². The van der Waals surface area contributed by atoms with E-state index in [1.807, 2.05) is 43.3 Å². The molecule has 2 N–H and O–H groups in total. The highest BCUT2D eigenvalue weighted by Crippen LogP contribution is 2.30. The molecule has 0 saturated carbocycles. The number of benzene rings is 2. The van der Waals surface area contributed by atoms with Crippen LogP contribution in [0.1, 0.15) is 5.56 Å². The predicted molar refractivity (Wildman–Crippen MR) is 71.2 cm³/mol. The van der Waals surface area contributed by atoms with E-state index >= 15 is 0 Å². The highest BCUT2D eigenvalue weighted by atomic mass is 35.5. The van der Waals surface area contributed by atoms with Crippen molar-refractivity contribution in [3.8, 4) is 0 Å². The highest BCUT2D eigenvalue weighted by molar-refractivity contribution is 7.99. The summed E-state index contributed by atoms with van der Waals surface area (Å²) < 4.78 is 0. The highest BCUT2D eigenvalue weighted by Gasteiger charge is 1.99. The van der Waals surface area contributed by atoms with Crippen molar-refractivity contribution in [3.05, 3.63) is 53.1 Å². The number of aryl methyl sites for hydroxylation is 1. The van der Waals surface area contributed by atoms with Gasteiger partial charge in [0.15, 0.2) is 0 Å². The topological polar surface area (TPSA) is 26.0 Å². The molecule has 0 fully saturated rings. The third-order valence-electron chi connectivity index (χ3n) is 2.30. The largest absolute Gasteiger partial charge is 0.398 e. The van der Waals surface area contributed by atoms with Crippen LogP contribution in [0, 0.1) is 6.92 Å². The normalized spacial score (nSPS) is 10.4. The quantitative estimate of drug-likeness (QED) is 0.800. The zero-order chi connectivity index (χ0) is 11.5. The smallest absolute Gasteiger partial charge is 0.0406 e. The minimum absolute atomic E-state index is 0.757. The third kappa shape index (κ3) is 2.71. The Bertz CT molecular complexity index is 494. The first kappa shape index (κ1) is 11.4. The molecule has 0 saturated heterocycles. The number of nitrogens with two attached hydrogens (primary N) is 1. The van der Waals surface area contributed by atoms with Gasteiger partial charge in [0.1, 0.15) is 0 Å². The molecule has 0 aromatic heterocycles. The van der Waals surface area contributed by atoms with Gasteiger partial charge in [-0.25, -0.2) is 0 Å². The van der Waals surface area contributed by atoms with Crippen molar-refractivity contribution in [2.45, 2.75) is 16.7 Å². The Morgan fingerprint density at radius 1 is 1.00 bits per heavy atom. The molecule has 2 aromatic carbocycles. The molecular weight excluding hydrogens is 238 g/mol. The molecule has 0 radical (unpaired) electrons. The summed E-state index contributed by atoms with van der Waals surface area (Å²) in [6.07, 6.45) is 0. The lowest BCUT2D eigenvalue weighted by Gasteiger charge is -2.05. The van der Waals surface area contributed by atoms with Crippen LogP contribution in [0.3, 0.4) is 0 Å². The SMILES string of the molecule is Cc1ccc(Sc2ccc(Cl)cc2)cc1N. The van der Waals surface area contributed by atoms with E-state index in [9.17, 15) is 0 Å². The third-order valence-corrected chi connectivity index (χ3v) is 3.55. The van der Waals surface area contributed by atoms with Crippen molar-refractivity contribution in [3.63, 3.8) is 0 Å². The number of rotatable bonds is 2. The fourth-order valence-electron chi connectivity index (χ4n) is 1.32. The first-order valence-corrected chi connectivity index (χ1v) is 6.14. The minimum Gasteiger partial charge on any atom is -0.398 e. The van der Waals surface area contributed by atoms with Crippen molar-refractivity contribution >= 4 is 29.1 Å². The van der Waals surface area contributed by atoms with Crippen LogP contribution in [0.5, 0.6) is 0 Å². The molecule has 0 aliphatic carbocycles. The molecule has 0 unspecified atom stereocenters. The van der Waals surface area contributed by atoms with Gasteiger partial charge in [-0.2, -0.15) is 0 Å². The second kappa shape index (κ2) is 4.81. The first-order chi connectivity index (χ1) is 7.65. The average molecular weight is 250 g/mol. The molecule has 2 rings (SSSR count). The zero-order valence-corrected chi connectivity index (χ0v) is 10.5. The molecular formula is C13H12ClNS. The van der Waals surface area contributed by atoms with E-state index in [-0.39, 0.29) is 0 Å². The van der Waals surface area contributed by atoms with Gasteiger partial charge >= 0.3 is 0 Å². The molecule has 1 nitrogen and oxygen atoms in total. The predicted octanol–water partition coefficient (Wildman–Crippen LogP) is 4.38. The standard InChI is InChI=1S/C13H12ClNS/c1-9-2-5-12(8-13(9)15)16-11-6-3-10(14)4-7-11/h2-8H,15H2,1H3. The molecule has 0 heterocycles. The molecule has 2 aromatic rings. The fraction of sp³-hybridized carbons (Fsp3) is 0.0769. The maximum Gasteiger partial charge on any atom is 0.0406 e. The van der Waals surface area contributed by atoms with Crippen LogP contribution in [-0.4, -0.2) is 0 Å². The van der Waals surface area contributed by atoms with Crippen LogP contribution in [-0.2, 0) is 0 Å². The number of halogens is 1. The van der Waals surface area contributed by atoms with Crippen LogP contribution in [0.15, 0.2) is 52.3 Å². The lowest BCUT2D eigenvalue weighted by molar-refractivity contribution is 1.36. The summed E-state index contributed by atoms with van der Waals surface area (Å²) in [7, 11) is 0. The zero-order valence-electron chi connectivity index (χ0n) is 8.91. The van der Waals surface area contributed by atoms with Gasteiger partial charge in [-0.1, -0.05) is 29.4 Å². The Hall–Kier alpha value is -1.12. The van der Waals surface area contributed by atoms with Crippen LogP contribution >= 0.6 is 23.4 Å². The summed E-state index contributed by atoms with van der Waals surface area (Å²) in [5, 5.41) is 0.757. The molecule has 0 aliphatic heterocycles. The minimum atomic E-state index is 0.757. The lowest BCUT2D eigenvalue weighted by Crippen LogP contribution is -1.88. The monoisotopic (exact) mass is 249 g/mol. The molecule has 0 spiro atoms. The second-order valence-electron chi connectivity index (χ2n) is 3.57. The van der Waals surface area contributed by atoms with Crippen LogP contribution in [0.4, 0.5) is 5.69 Å². The van der Waals surface area contributed by atoms with Crippen molar-refractivity contribution < 1.29 is 0 Å². The van der Waals surface area contributed by atoms with Gasteiger partial charge in [-0.15, -0.1) is 0 Å². The number of hydrogen-bond acceptors (Lipinski definition) is 2. The summed E-state index contributed by atoms with van der Waals surface area (Å²) in [6.45, 7) is 2.01. The fourth-order valence-corrected chi connectivity index (χ4v) is 2.31. The average Bonchev–Trinajstić information content (AvgIpc) is 2.27. The van der Waals surface area contributed by atoms with Gasteiger partial charge in [0.2, 0.25) is 0 Å². The number of nitrogen functional groups attached to an aromatic ring is 1. The van der Waals surface area contributed by atoms with E-state index in [0.29, 0.717) is 0 Å². The summed E-state index contributed by atoms with van der Waals surface area (Å²) in [5.41, 5.74) is 7.81. The van der Waals surface area contributed by atoms with Crippen molar-refractivity contribution in [1.82, 2.24) is 0 Å². The van der Waals surface area contributed by atoms with Crippen LogP contribution < -0.4 is 5.73 Å². The summed E-state index contributed by atoms with van der Waals surface area (Å²) in [4.78, 5) is 2.30. The summed E-state index contributed by atoms with van der Waals surface area (Å²) >= 11 is 7.51. The first-order valence-electron chi connectivity index (χ1n) is 4.95. The van der Waals surface area contributed by atoms with E-state index in [2.05, 4.69) is 6.07 Å². The summed E-state index contributed by atoms with van der Waals surface area (Å²) in [5.74, 6) is 0. The van der Waals surface area contributed by atoms with E-state index in [1.165, 1.54) is 0 Å². The Morgan fingerprint density at radius 2 is 1.62 bits per heavy atom. The maximum atomic E-state index is 5.86. The van der Waals surface area contributed by atoms with E-state index in [4.69, 9.17) is 17.3 Å². The molecule has 0 atom stereocenters. The molecule has 16 heavy (non-hydrogen) atoms. The van der Waals surface area contributed by atoms with Gasteiger partial charge in [0.25, 0.3) is 0 Å². The Balaban J connectivity index is 2.20. The molecule has 3 heteroatoms.